The van der Waals surface area contributed by atoms with Crippen LogP contribution in [0, 0.1) is 20.8 Å². The Kier molecular flexibility index (Phi) is 5.84. The van der Waals surface area contributed by atoms with Crippen LogP contribution in [0.15, 0.2) is 12.1 Å². The number of ether oxygens (including phenoxy) is 2. The van der Waals surface area contributed by atoms with Gasteiger partial charge in [0.2, 0.25) is 0 Å². The highest BCUT2D eigenvalue weighted by Crippen LogP contribution is 2.23. The molecule has 1 N–H and O–H groups in total. The van der Waals surface area contributed by atoms with E-state index >= 15 is 0 Å². The van der Waals surface area contributed by atoms with Crippen LogP contribution in [-0.4, -0.2) is 54.6 Å². The second-order valence-electron chi connectivity index (χ2n) is 6.65. The summed E-state index contributed by atoms with van der Waals surface area (Å²) < 4.78 is 11.6. The Labute approximate surface area is 134 Å². The van der Waals surface area contributed by atoms with Crippen molar-refractivity contribution in [3.05, 3.63) is 28.8 Å². The Hall–Kier alpha value is -1.10. The fourth-order valence-electron chi connectivity index (χ4n) is 3.12. The zero-order valence-electron chi connectivity index (χ0n) is 14.4. The van der Waals surface area contributed by atoms with E-state index in [1.165, 1.54) is 11.1 Å². The SMILES string of the molecule is Cc1cc(C)c(C)c(OC[C@@H](O)CN2C[C@@H](C)O[C@@H](C)C2)c1. The normalized spacial score (nSPS) is 24.3. The molecule has 0 saturated carbocycles. The van der Waals surface area contributed by atoms with Crippen molar-refractivity contribution in [2.75, 3.05) is 26.2 Å². The Balaban J connectivity index is 1.86. The van der Waals surface area contributed by atoms with E-state index in [2.05, 4.69) is 45.6 Å². The van der Waals surface area contributed by atoms with Gasteiger partial charge in [0.1, 0.15) is 18.5 Å². The van der Waals surface area contributed by atoms with E-state index < -0.39 is 6.10 Å². The second-order valence-corrected chi connectivity index (χ2v) is 6.65. The molecule has 3 atom stereocenters. The highest BCUT2D eigenvalue weighted by Gasteiger charge is 2.24. The van der Waals surface area contributed by atoms with Crippen molar-refractivity contribution in [1.29, 1.82) is 0 Å². The molecule has 1 fully saturated rings. The van der Waals surface area contributed by atoms with Crippen molar-refractivity contribution in [3.8, 4) is 5.75 Å². The van der Waals surface area contributed by atoms with Gasteiger partial charge in [-0.2, -0.15) is 0 Å². The molecule has 0 amide bonds. The number of rotatable bonds is 5. The summed E-state index contributed by atoms with van der Waals surface area (Å²) in [6.07, 6.45) is -0.0465. The van der Waals surface area contributed by atoms with Gasteiger partial charge in [-0.1, -0.05) is 6.07 Å². The molecule has 22 heavy (non-hydrogen) atoms. The molecule has 0 spiro atoms. The van der Waals surface area contributed by atoms with Gasteiger partial charge in [-0.3, -0.25) is 4.90 Å². The maximum Gasteiger partial charge on any atom is 0.122 e. The van der Waals surface area contributed by atoms with Crippen molar-refractivity contribution in [1.82, 2.24) is 4.90 Å². The standard InChI is InChI=1S/C18H29NO3/c1-12-6-13(2)16(5)18(7-12)21-11-17(20)10-19-8-14(3)22-15(4)9-19/h6-7,14-15,17,20H,8-11H2,1-5H3/t14-,15+,17-/m0/s1. The monoisotopic (exact) mass is 307 g/mol. The van der Waals surface area contributed by atoms with Gasteiger partial charge in [0.15, 0.2) is 0 Å². The minimum Gasteiger partial charge on any atom is -0.491 e. The molecule has 124 valence electrons. The van der Waals surface area contributed by atoms with Crippen molar-refractivity contribution >= 4 is 0 Å². The number of morpholine rings is 1. The first-order chi connectivity index (χ1) is 10.3. The number of β-amino-alcohol motifs (C(OH)–C–C–N with tert-alkyl or cyclic N) is 1. The molecule has 0 bridgehead atoms. The van der Waals surface area contributed by atoms with Crippen LogP contribution < -0.4 is 4.74 Å². The number of benzene rings is 1. The lowest BCUT2D eigenvalue weighted by Crippen LogP contribution is -2.48. The number of hydrogen-bond acceptors (Lipinski definition) is 4. The largest absolute Gasteiger partial charge is 0.491 e. The molecule has 0 unspecified atom stereocenters. The Morgan fingerprint density at radius 1 is 1.23 bits per heavy atom. The molecule has 4 nitrogen and oxygen atoms in total. The van der Waals surface area contributed by atoms with Crippen molar-refractivity contribution in [2.24, 2.45) is 0 Å². The lowest BCUT2D eigenvalue weighted by molar-refractivity contribution is -0.0787. The number of hydrogen-bond donors (Lipinski definition) is 1. The van der Waals surface area contributed by atoms with E-state index in [0.717, 1.165) is 24.4 Å². The van der Waals surface area contributed by atoms with E-state index in [0.29, 0.717) is 13.2 Å². The molecule has 1 saturated heterocycles. The van der Waals surface area contributed by atoms with E-state index in [1.807, 2.05) is 6.07 Å². The van der Waals surface area contributed by atoms with Gasteiger partial charge in [0, 0.05) is 19.6 Å². The molecule has 1 aromatic carbocycles. The van der Waals surface area contributed by atoms with E-state index in [1.54, 1.807) is 0 Å². The van der Waals surface area contributed by atoms with Crippen LogP contribution in [0.2, 0.25) is 0 Å². The number of aliphatic hydroxyl groups is 1. The van der Waals surface area contributed by atoms with Gasteiger partial charge in [0.05, 0.1) is 12.2 Å². The maximum atomic E-state index is 10.3. The zero-order valence-corrected chi connectivity index (χ0v) is 14.4. The second kappa shape index (κ2) is 7.44. The van der Waals surface area contributed by atoms with Crippen LogP contribution in [0.3, 0.4) is 0 Å². The van der Waals surface area contributed by atoms with Crippen LogP contribution >= 0.6 is 0 Å². The summed E-state index contributed by atoms with van der Waals surface area (Å²) in [5.74, 6) is 0.875. The fraction of sp³-hybridized carbons (Fsp3) is 0.667. The quantitative estimate of drug-likeness (QED) is 0.907. The third-order valence-corrected chi connectivity index (χ3v) is 4.16. The Morgan fingerprint density at radius 3 is 2.50 bits per heavy atom. The molecule has 0 aliphatic carbocycles. The lowest BCUT2D eigenvalue weighted by atomic mass is 10.1. The Bertz CT molecular complexity index is 493. The summed E-state index contributed by atoms with van der Waals surface area (Å²) in [6.45, 7) is 13.0. The van der Waals surface area contributed by atoms with Crippen LogP contribution in [-0.2, 0) is 4.74 Å². The topological polar surface area (TPSA) is 41.9 Å². The minimum absolute atomic E-state index is 0.221. The predicted molar refractivity (Wildman–Crippen MR) is 88.6 cm³/mol. The molecule has 1 aliphatic heterocycles. The van der Waals surface area contributed by atoms with Crippen LogP contribution in [0.1, 0.15) is 30.5 Å². The number of nitrogens with zero attached hydrogens (tertiary/aromatic N) is 1. The molecular formula is C18H29NO3. The van der Waals surface area contributed by atoms with Crippen molar-refractivity contribution in [2.45, 2.75) is 52.9 Å². The summed E-state index contributed by atoms with van der Waals surface area (Å²) in [5.41, 5.74) is 3.55. The molecule has 1 aromatic rings. The highest BCUT2D eigenvalue weighted by molar-refractivity contribution is 5.41. The fourth-order valence-corrected chi connectivity index (χ4v) is 3.12. The average molecular weight is 307 g/mol. The van der Waals surface area contributed by atoms with Crippen molar-refractivity contribution in [3.63, 3.8) is 0 Å². The summed E-state index contributed by atoms with van der Waals surface area (Å²) >= 11 is 0. The maximum absolute atomic E-state index is 10.3. The first-order valence-corrected chi connectivity index (χ1v) is 8.11. The third kappa shape index (κ3) is 4.70. The molecule has 0 aromatic heterocycles. The van der Waals surface area contributed by atoms with Gasteiger partial charge in [0.25, 0.3) is 0 Å². The smallest absolute Gasteiger partial charge is 0.122 e. The summed E-state index contributed by atoms with van der Waals surface area (Å²) in [7, 11) is 0. The molecule has 2 rings (SSSR count). The average Bonchev–Trinajstić information content (AvgIpc) is 2.40. The van der Waals surface area contributed by atoms with Gasteiger partial charge in [-0.25, -0.2) is 0 Å². The zero-order chi connectivity index (χ0) is 16.3. The van der Waals surface area contributed by atoms with Gasteiger partial charge >= 0.3 is 0 Å². The minimum atomic E-state index is -0.488. The van der Waals surface area contributed by atoms with Gasteiger partial charge in [-0.15, -0.1) is 0 Å². The summed E-state index contributed by atoms with van der Waals surface area (Å²) in [6, 6.07) is 4.18. The van der Waals surface area contributed by atoms with E-state index in [4.69, 9.17) is 9.47 Å². The summed E-state index contributed by atoms with van der Waals surface area (Å²) in [5, 5.41) is 10.3. The van der Waals surface area contributed by atoms with Gasteiger partial charge < -0.3 is 14.6 Å². The molecule has 0 radical (unpaired) electrons. The van der Waals surface area contributed by atoms with Crippen molar-refractivity contribution < 1.29 is 14.6 Å². The Morgan fingerprint density at radius 2 is 1.86 bits per heavy atom. The molecule has 1 aliphatic rings. The predicted octanol–water partition coefficient (Wildman–Crippen LogP) is 2.46. The van der Waals surface area contributed by atoms with Crippen LogP contribution in [0.25, 0.3) is 0 Å². The van der Waals surface area contributed by atoms with Gasteiger partial charge in [-0.05, 0) is 57.4 Å². The molecular weight excluding hydrogens is 278 g/mol. The molecule has 1 heterocycles. The number of aryl methyl sites for hydroxylation is 2. The highest BCUT2D eigenvalue weighted by atomic mass is 16.5. The lowest BCUT2D eigenvalue weighted by Gasteiger charge is -2.36. The third-order valence-electron chi connectivity index (χ3n) is 4.16. The van der Waals surface area contributed by atoms with E-state index in [-0.39, 0.29) is 12.2 Å². The van der Waals surface area contributed by atoms with E-state index in [9.17, 15) is 5.11 Å². The van der Waals surface area contributed by atoms with Crippen LogP contribution in [0.5, 0.6) is 5.75 Å². The van der Waals surface area contributed by atoms with Crippen LogP contribution in [0.4, 0.5) is 0 Å². The molecule has 4 heteroatoms. The first kappa shape index (κ1) is 17.3. The summed E-state index contributed by atoms with van der Waals surface area (Å²) in [4.78, 5) is 2.25. The first-order valence-electron chi connectivity index (χ1n) is 8.11. The number of aliphatic hydroxyl groups excluding tert-OH is 1.